The number of fused-ring (bicyclic) bond motifs is 1. The minimum absolute atomic E-state index is 0.343. The summed E-state index contributed by atoms with van der Waals surface area (Å²) >= 11 is 0. The Labute approximate surface area is 90.9 Å². The van der Waals surface area contributed by atoms with Gasteiger partial charge in [0.05, 0.1) is 5.52 Å². The van der Waals surface area contributed by atoms with Gasteiger partial charge >= 0.3 is 0 Å². The fourth-order valence-corrected chi connectivity index (χ4v) is 1.92. The van der Waals surface area contributed by atoms with E-state index in [0.29, 0.717) is 5.41 Å². The molecule has 0 radical (unpaired) electrons. The molecule has 1 aromatic carbocycles. The molecule has 0 bridgehead atoms. The summed E-state index contributed by atoms with van der Waals surface area (Å²) < 4.78 is 1.87. The molecule has 2 nitrogen and oxygen atoms in total. The maximum absolute atomic E-state index is 4.37. The molecule has 80 valence electrons. The van der Waals surface area contributed by atoms with Crippen LogP contribution in [0.5, 0.6) is 0 Å². The first-order chi connectivity index (χ1) is 6.94. The lowest BCUT2D eigenvalue weighted by atomic mass is 9.88. The predicted octanol–water partition coefficient (Wildman–Crippen LogP) is 3.16. The van der Waals surface area contributed by atoms with Crippen molar-refractivity contribution in [3.8, 4) is 0 Å². The molecule has 0 spiro atoms. The third-order valence-electron chi connectivity index (χ3n) is 2.42. The summed E-state index contributed by atoms with van der Waals surface area (Å²) in [5, 5.41) is 5.60. The van der Waals surface area contributed by atoms with Crippen molar-refractivity contribution in [3.63, 3.8) is 0 Å². The smallest absolute Gasteiger partial charge is 0.0923 e. The molecule has 0 N–H and O–H groups in total. The summed E-state index contributed by atoms with van der Waals surface area (Å²) in [6.07, 6.45) is 3.18. The number of hydrogen-bond acceptors (Lipinski definition) is 1. The van der Waals surface area contributed by atoms with Crippen LogP contribution in [0, 0.1) is 5.41 Å². The normalized spacial score (nSPS) is 12.3. The van der Waals surface area contributed by atoms with Gasteiger partial charge in [-0.25, -0.2) is 0 Å². The van der Waals surface area contributed by atoms with Crippen LogP contribution >= 0.6 is 0 Å². The van der Waals surface area contributed by atoms with Gasteiger partial charge in [0, 0.05) is 18.6 Å². The van der Waals surface area contributed by atoms with Gasteiger partial charge in [0.1, 0.15) is 0 Å². The van der Waals surface area contributed by atoms with Crippen LogP contribution in [0.25, 0.3) is 10.9 Å². The molecule has 2 rings (SSSR count). The summed E-state index contributed by atoms with van der Waals surface area (Å²) in [5.74, 6) is 0. The van der Waals surface area contributed by atoms with Crippen molar-refractivity contribution < 1.29 is 0 Å². The Morgan fingerprint density at radius 2 is 2.00 bits per heavy atom. The van der Waals surface area contributed by atoms with Gasteiger partial charge in [0.25, 0.3) is 0 Å². The molecule has 2 heteroatoms. The van der Waals surface area contributed by atoms with E-state index in [1.54, 1.807) is 0 Å². The second-order valence-corrected chi connectivity index (χ2v) is 5.43. The van der Waals surface area contributed by atoms with Crippen LogP contribution in [0.1, 0.15) is 26.3 Å². The monoisotopic (exact) mass is 202 g/mol. The van der Waals surface area contributed by atoms with E-state index in [1.807, 2.05) is 11.7 Å². The zero-order valence-corrected chi connectivity index (χ0v) is 9.91. The first-order valence-corrected chi connectivity index (χ1v) is 5.36. The lowest BCUT2D eigenvalue weighted by molar-refractivity contribution is 0.411. The molecular formula is C13H18N2. The molecule has 0 unspecified atom stereocenters. The number of nitrogens with zero attached hydrogens (tertiary/aromatic N) is 2. The molecule has 0 aliphatic rings. The van der Waals surface area contributed by atoms with Crippen molar-refractivity contribution >= 4 is 10.9 Å². The van der Waals surface area contributed by atoms with Gasteiger partial charge in [0.2, 0.25) is 0 Å². The van der Waals surface area contributed by atoms with Gasteiger partial charge in [-0.15, -0.1) is 0 Å². The summed E-state index contributed by atoms with van der Waals surface area (Å²) in [6, 6.07) is 6.53. The number of benzene rings is 1. The fraction of sp³-hybridized carbons (Fsp3) is 0.462. The Balaban J connectivity index is 2.38. The number of aromatic nitrogens is 2. The SMILES string of the molecule is Cn1cc2cc(CC(C)(C)C)ccc2n1. The van der Waals surface area contributed by atoms with Gasteiger partial charge < -0.3 is 0 Å². The van der Waals surface area contributed by atoms with Crippen LogP contribution in [-0.2, 0) is 13.5 Å². The fourth-order valence-electron chi connectivity index (χ4n) is 1.92. The van der Waals surface area contributed by atoms with Gasteiger partial charge in [-0.05, 0) is 29.5 Å². The van der Waals surface area contributed by atoms with Gasteiger partial charge in [-0.2, -0.15) is 5.10 Å². The van der Waals surface area contributed by atoms with E-state index in [2.05, 4.69) is 50.3 Å². The highest BCUT2D eigenvalue weighted by molar-refractivity contribution is 5.78. The Morgan fingerprint density at radius 3 is 2.67 bits per heavy atom. The Morgan fingerprint density at radius 1 is 1.27 bits per heavy atom. The number of hydrogen-bond donors (Lipinski definition) is 0. The Bertz CT molecular complexity index is 475. The molecule has 0 atom stereocenters. The number of aryl methyl sites for hydroxylation is 1. The summed E-state index contributed by atoms with van der Waals surface area (Å²) in [7, 11) is 1.96. The van der Waals surface area contributed by atoms with Crippen LogP contribution in [-0.4, -0.2) is 9.78 Å². The average Bonchev–Trinajstić information content (AvgIpc) is 2.40. The highest BCUT2D eigenvalue weighted by Gasteiger charge is 2.11. The van der Waals surface area contributed by atoms with Crippen molar-refractivity contribution in [1.29, 1.82) is 0 Å². The molecule has 0 aliphatic carbocycles. The van der Waals surface area contributed by atoms with Gasteiger partial charge in [-0.1, -0.05) is 26.8 Å². The molecule has 0 aliphatic heterocycles. The lowest BCUT2D eigenvalue weighted by Gasteiger charge is -2.17. The van der Waals surface area contributed by atoms with Crippen molar-refractivity contribution in [2.45, 2.75) is 27.2 Å². The minimum atomic E-state index is 0.343. The molecule has 0 saturated heterocycles. The third-order valence-corrected chi connectivity index (χ3v) is 2.42. The van der Waals surface area contributed by atoms with Crippen LogP contribution in [0.2, 0.25) is 0 Å². The second kappa shape index (κ2) is 3.37. The topological polar surface area (TPSA) is 17.8 Å². The molecule has 0 amide bonds. The van der Waals surface area contributed by atoms with Crippen molar-refractivity contribution in [2.24, 2.45) is 12.5 Å². The van der Waals surface area contributed by atoms with E-state index in [1.165, 1.54) is 10.9 Å². The van der Waals surface area contributed by atoms with Crippen LogP contribution < -0.4 is 0 Å². The van der Waals surface area contributed by atoms with Gasteiger partial charge in [0.15, 0.2) is 0 Å². The largest absolute Gasteiger partial charge is 0.275 e. The summed E-state index contributed by atoms with van der Waals surface area (Å²) in [6.45, 7) is 6.79. The third kappa shape index (κ3) is 2.38. The predicted molar refractivity (Wildman–Crippen MR) is 63.9 cm³/mol. The van der Waals surface area contributed by atoms with E-state index in [4.69, 9.17) is 0 Å². The van der Waals surface area contributed by atoms with Crippen molar-refractivity contribution in [2.75, 3.05) is 0 Å². The lowest BCUT2D eigenvalue weighted by Crippen LogP contribution is -2.08. The molecule has 2 aromatic rings. The Hall–Kier alpha value is -1.31. The van der Waals surface area contributed by atoms with Crippen LogP contribution in [0.15, 0.2) is 24.4 Å². The molecule has 0 fully saturated rings. The van der Waals surface area contributed by atoms with E-state index < -0.39 is 0 Å². The minimum Gasteiger partial charge on any atom is -0.275 e. The highest BCUT2D eigenvalue weighted by atomic mass is 15.2. The molecule has 15 heavy (non-hydrogen) atoms. The van der Waals surface area contributed by atoms with E-state index in [0.717, 1.165) is 11.9 Å². The van der Waals surface area contributed by atoms with E-state index in [-0.39, 0.29) is 0 Å². The van der Waals surface area contributed by atoms with Gasteiger partial charge in [-0.3, -0.25) is 4.68 Å². The quantitative estimate of drug-likeness (QED) is 0.694. The molecule has 1 heterocycles. The highest BCUT2D eigenvalue weighted by Crippen LogP contribution is 2.23. The Kier molecular flexibility index (Phi) is 2.29. The summed E-state index contributed by atoms with van der Waals surface area (Å²) in [4.78, 5) is 0. The summed E-state index contributed by atoms with van der Waals surface area (Å²) in [5.41, 5.74) is 2.81. The number of rotatable bonds is 1. The maximum Gasteiger partial charge on any atom is 0.0923 e. The maximum atomic E-state index is 4.37. The standard InChI is InChI=1S/C13H18N2/c1-13(2,3)8-10-5-6-12-11(7-10)9-15(4)14-12/h5-7,9H,8H2,1-4H3. The van der Waals surface area contributed by atoms with Crippen molar-refractivity contribution in [1.82, 2.24) is 9.78 Å². The zero-order chi connectivity index (χ0) is 11.1. The first-order valence-electron chi connectivity index (χ1n) is 5.36. The zero-order valence-electron chi connectivity index (χ0n) is 9.91. The average molecular weight is 202 g/mol. The molecule has 1 aromatic heterocycles. The second-order valence-electron chi connectivity index (χ2n) is 5.43. The van der Waals surface area contributed by atoms with Crippen LogP contribution in [0.4, 0.5) is 0 Å². The first kappa shape index (κ1) is 10.2. The van der Waals surface area contributed by atoms with E-state index in [9.17, 15) is 0 Å². The van der Waals surface area contributed by atoms with Crippen molar-refractivity contribution in [3.05, 3.63) is 30.0 Å². The van der Waals surface area contributed by atoms with Crippen LogP contribution in [0.3, 0.4) is 0 Å². The van der Waals surface area contributed by atoms with E-state index >= 15 is 0 Å². The molecule has 0 saturated carbocycles. The molecular weight excluding hydrogens is 184 g/mol.